The summed E-state index contributed by atoms with van der Waals surface area (Å²) in [6.45, 7) is 1.96. The van der Waals surface area contributed by atoms with Crippen LogP contribution in [-0.2, 0) is 0 Å². The molecule has 2 heteroatoms. The molecule has 0 fully saturated rings. The van der Waals surface area contributed by atoms with Crippen molar-refractivity contribution in [3.05, 3.63) is 12.2 Å². The van der Waals surface area contributed by atoms with Crippen molar-refractivity contribution in [1.29, 1.82) is 0 Å². The first-order valence-corrected chi connectivity index (χ1v) is 3.13. The summed E-state index contributed by atoms with van der Waals surface area (Å²) in [5.74, 6) is 0. The summed E-state index contributed by atoms with van der Waals surface area (Å²) < 4.78 is 11.7. The van der Waals surface area contributed by atoms with Gasteiger partial charge in [0.2, 0.25) is 0 Å². The van der Waals surface area contributed by atoms with Gasteiger partial charge in [-0.3, -0.25) is 0 Å². The Morgan fingerprint density at radius 1 is 1.86 bits per heavy atom. The van der Waals surface area contributed by atoms with Crippen LogP contribution in [0.25, 0.3) is 0 Å². The average molecular weight is 167 g/mol. The highest BCUT2D eigenvalue weighted by Gasteiger charge is 1.86. The van der Waals surface area contributed by atoms with Crippen LogP contribution in [0, 0.1) is 0 Å². The van der Waals surface area contributed by atoms with E-state index in [1.807, 2.05) is 6.92 Å². The zero-order valence-electron chi connectivity index (χ0n) is 4.20. The van der Waals surface area contributed by atoms with Crippen LogP contribution in [0.1, 0.15) is 13.3 Å². The summed E-state index contributed by atoms with van der Waals surface area (Å²) in [4.78, 5) is 0. The van der Waals surface area contributed by atoms with Crippen molar-refractivity contribution in [3.63, 3.8) is 0 Å². The Balaban J connectivity index is 3.08. The third-order valence-electron chi connectivity index (χ3n) is 0.517. The van der Waals surface area contributed by atoms with E-state index in [-0.39, 0.29) is 0 Å². The van der Waals surface area contributed by atoms with E-state index in [4.69, 9.17) is 0 Å². The maximum absolute atomic E-state index is 11.7. The van der Waals surface area contributed by atoms with Gasteiger partial charge in [-0.05, 0) is 28.4 Å². The van der Waals surface area contributed by atoms with Gasteiger partial charge in [-0.2, -0.15) is 0 Å². The van der Waals surface area contributed by atoms with Crippen molar-refractivity contribution >= 4 is 15.9 Å². The van der Waals surface area contributed by atoms with Crippen molar-refractivity contribution < 1.29 is 4.39 Å². The molecule has 0 aromatic rings. The quantitative estimate of drug-likeness (QED) is 0.438. The maximum atomic E-state index is 11.7. The highest BCUT2D eigenvalue weighted by molar-refractivity contribution is 9.09. The molecule has 0 amide bonds. The minimum Gasteiger partial charge on any atom is -0.230 e. The molecule has 0 N–H and O–H groups in total. The van der Waals surface area contributed by atoms with E-state index in [2.05, 4.69) is 15.9 Å². The van der Waals surface area contributed by atoms with Crippen LogP contribution >= 0.6 is 15.9 Å². The average Bonchev–Trinajstić information content (AvgIpc) is 1.61. The summed E-state index contributed by atoms with van der Waals surface area (Å²) in [5, 5.41) is -0.965. The summed E-state index contributed by atoms with van der Waals surface area (Å²) in [5.41, 5.74) is 0. The van der Waals surface area contributed by atoms with E-state index in [0.717, 1.165) is 6.42 Å². The highest BCUT2D eigenvalue weighted by Crippen LogP contribution is 2.01. The smallest absolute Gasteiger partial charge is 0.173 e. The van der Waals surface area contributed by atoms with Gasteiger partial charge < -0.3 is 0 Å². The Morgan fingerprint density at radius 2 is 2.43 bits per heavy atom. The number of halogens is 2. The molecule has 0 aromatic carbocycles. The predicted molar refractivity (Wildman–Crippen MR) is 33.3 cm³/mol. The molecule has 1 unspecified atom stereocenters. The summed E-state index contributed by atoms with van der Waals surface area (Å²) in [6.07, 6.45) is 4.14. The van der Waals surface area contributed by atoms with Gasteiger partial charge in [-0.1, -0.05) is 13.0 Å². The van der Waals surface area contributed by atoms with Gasteiger partial charge in [0, 0.05) is 0 Å². The second-order valence-corrected chi connectivity index (χ2v) is 2.05. The lowest BCUT2D eigenvalue weighted by Gasteiger charge is -1.82. The zero-order valence-corrected chi connectivity index (χ0v) is 5.78. The Kier molecular flexibility index (Phi) is 4.41. The molecule has 0 aliphatic heterocycles. The van der Waals surface area contributed by atoms with Gasteiger partial charge in [0.25, 0.3) is 0 Å². The number of rotatable bonds is 2. The topological polar surface area (TPSA) is 0 Å². The first-order valence-electron chi connectivity index (χ1n) is 2.22. The van der Waals surface area contributed by atoms with Gasteiger partial charge >= 0.3 is 0 Å². The standard InChI is InChI=1S/C5H8BrF/c1-2-3-4-5(6)7/h3-5H,2H2,1H3. The number of alkyl halides is 2. The molecule has 0 radical (unpaired) electrons. The highest BCUT2D eigenvalue weighted by atomic mass is 79.9. The second-order valence-electron chi connectivity index (χ2n) is 1.17. The Hall–Kier alpha value is 0.150. The zero-order chi connectivity index (χ0) is 5.70. The Morgan fingerprint density at radius 3 is 2.57 bits per heavy atom. The van der Waals surface area contributed by atoms with Gasteiger partial charge in [-0.15, -0.1) is 0 Å². The van der Waals surface area contributed by atoms with Crippen LogP contribution in [0.15, 0.2) is 12.2 Å². The van der Waals surface area contributed by atoms with Crippen LogP contribution in [0.2, 0.25) is 0 Å². The van der Waals surface area contributed by atoms with Crippen molar-refractivity contribution in [2.45, 2.75) is 18.4 Å². The van der Waals surface area contributed by atoms with Crippen LogP contribution < -0.4 is 0 Å². The van der Waals surface area contributed by atoms with Crippen LogP contribution in [0.5, 0.6) is 0 Å². The molecule has 0 rings (SSSR count). The largest absolute Gasteiger partial charge is 0.230 e. The van der Waals surface area contributed by atoms with Crippen molar-refractivity contribution in [3.8, 4) is 0 Å². The van der Waals surface area contributed by atoms with E-state index in [0.29, 0.717) is 0 Å². The number of hydrogen-bond donors (Lipinski definition) is 0. The van der Waals surface area contributed by atoms with Crippen LogP contribution in [0.4, 0.5) is 4.39 Å². The monoisotopic (exact) mass is 166 g/mol. The molecular formula is C5H8BrF. The lowest BCUT2D eigenvalue weighted by atomic mass is 10.4. The normalized spacial score (nSPS) is 15.3. The van der Waals surface area contributed by atoms with Gasteiger partial charge in [0.15, 0.2) is 5.08 Å². The minimum absolute atomic E-state index is 0.895. The fourth-order valence-corrected chi connectivity index (χ4v) is 0.455. The number of allylic oxidation sites excluding steroid dienone is 2. The van der Waals surface area contributed by atoms with E-state index < -0.39 is 5.08 Å². The molecule has 0 bridgehead atoms. The summed E-state index contributed by atoms with van der Waals surface area (Å²) in [7, 11) is 0. The first kappa shape index (κ1) is 7.15. The van der Waals surface area contributed by atoms with Crippen molar-refractivity contribution in [2.24, 2.45) is 0 Å². The van der Waals surface area contributed by atoms with E-state index >= 15 is 0 Å². The number of hydrogen-bond acceptors (Lipinski definition) is 0. The SMILES string of the molecule is CCC=CC(F)Br. The molecule has 0 aromatic heterocycles. The summed E-state index contributed by atoms with van der Waals surface area (Å²) in [6, 6.07) is 0. The van der Waals surface area contributed by atoms with Crippen LogP contribution in [0.3, 0.4) is 0 Å². The molecule has 0 saturated heterocycles. The maximum Gasteiger partial charge on any atom is 0.173 e. The van der Waals surface area contributed by atoms with Crippen molar-refractivity contribution in [2.75, 3.05) is 0 Å². The fraction of sp³-hybridized carbons (Fsp3) is 0.600. The van der Waals surface area contributed by atoms with Crippen molar-refractivity contribution in [1.82, 2.24) is 0 Å². The molecule has 42 valence electrons. The molecule has 1 atom stereocenters. The van der Waals surface area contributed by atoms with E-state index in [1.54, 1.807) is 6.08 Å². The molecular weight excluding hydrogens is 159 g/mol. The summed E-state index contributed by atoms with van der Waals surface area (Å²) >= 11 is 2.72. The molecule has 0 saturated carbocycles. The van der Waals surface area contributed by atoms with E-state index in [1.165, 1.54) is 6.08 Å². The molecule has 0 spiro atoms. The third-order valence-corrected chi connectivity index (χ3v) is 0.822. The lowest BCUT2D eigenvalue weighted by Crippen LogP contribution is -1.74. The van der Waals surface area contributed by atoms with Crippen LogP contribution in [-0.4, -0.2) is 5.08 Å². The second kappa shape index (κ2) is 4.31. The molecule has 0 aliphatic carbocycles. The van der Waals surface area contributed by atoms with Gasteiger partial charge in [0.1, 0.15) is 0 Å². The minimum atomic E-state index is -0.965. The first-order chi connectivity index (χ1) is 3.27. The fourth-order valence-electron chi connectivity index (χ4n) is 0.239. The van der Waals surface area contributed by atoms with Gasteiger partial charge in [0.05, 0.1) is 0 Å². The Labute approximate surface area is 51.5 Å². The molecule has 0 aliphatic rings. The Bertz CT molecular complexity index is 59.1. The third kappa shape index (κ3) is 6.15. The molecule has 7 heavy (non-hydrogen) atoms. The molecule has 0 nitrogen and oxygen atoms in total. The predicted octanol–water partition coefficient (Wildman–Crippen LogP) is 2.64. The molecule has 0 heterocycles. The van der Waals surface area contributed by atoms with Gasteiger partial charge in [-0.25, -0.2) is 4.39 Å². The van der Waals surface area contributed by atoms with E-state index in [9.17, 15) is 4.39 Å². The lowest BCUT2D eigenvalue weighted by molar-refractivity contribution is 0.528.